The standard InChI is InChI=1S/C10H9BrN6O2S2/c11-6-1-2-7(13-5-6)16-21(18,19)9-8(15-12)14-10-17(9)3-4-20-10/h1-5,15H,12H2,(H,13,16). The van der Waals surface area contributed by atoms with Gasteiger partial charge < -0.3 is 5.43 Å². The van der Waals surface area contributed by atoms with E-state index < -0.39 is 10.0 Å². The van der Waals surface area contributed by atoms with Crippen molar-refractivity contribution in [2.24, 2.45) is 5.84 Å². The van der Waals surface area contributed by atoms with Crippen LogP contribution in [0.2, 0.25) is 0 Å². The molecule has 0 saturated carbocycles. The van der Waals surface area contributed by atoms with E-state index in [4.69, 9.17) is 5.84 Å². The van der Waals surface area contributed by atoms with Crippen LogP contribution in [-0.2, 0) is 10.0 Å². The van der Waals surface area contributed by atoms with Crippen LogP contribution >= 0.6 is 27.3 Å². The van der Waals surface area contributed by atoms with E-state index in [1.54, 1.807) is 23.7 Å². The number of halogens is 1. The predicted octanol–water partition coefficient (Wildman–Crippen LogP) is 1.64. The van der Waals surface area contributed by atoms with Gasteiger partial charge in [0.05, 0.1) is 0 Å². The van der Waals surface area contributed by atoms with Gasteiger partial charge in [0.15, 0.2) is 10.8 Å². The Balaban J connectivity index is 2.07. The van der Waals surface area contributed by atoms with E-state index in [1.807, 2.05) is 0 Å². The first kappa shape index (κ1) is 14.3. The number of anilines is 2. The highest BCUT2D eigenvalue weighted by Crippen LogP contribution is 2.26. The molecule has 21 heavy (non-hydrogen) atoms. The SMILES string of the molecule is NNc1nc2sccn2c1S(=O)(=O)Nc1ccc(Br)cn1. The van der Waals surface area contributed by atoms with E-state index in [-0.39, 0.29) is 16.7 Å². The smallest absolute Gasteiger partial charge is 0.282 e. The number of fused-ring (bicyclic) bond motifs is 1. The van der Waals surface area contributed by atoms with E-state index in [0.717, 1.165) is 4.47 Å². The number of aromatic nitrogens is 3. The first-order valence-electron chi connectivity index (χ1n) is 5.58. The Labute approximate surface area is 132 Å². The van der Waals surface area contributed by atoms with Crippen LogP contribution in [0.5, 0.6) is 0 Å². The molecule has 3 rings (SSSR count). The molecule has 3 heterocycles. The van der Waals surface area contributed by atoms with Crippen molar-refractivity contribution >= 4 is 53.9 Å². The summed E-state index contributed by atoms with van der Waals surface area (Å²) in [4.78, 5) is 8.61. The summed E-state index contributed by atoms with van der Waals surface area (Å²) >= 11 is 4.54. The zero-order chi connectivity index (χ0) is 15.0. The third kappa shape index (κ3) is 2.60. The Hall–Kier alpha value is -1.69. The second-order valence-corrected chi connectivity index (χ2v) is 7.32. The number of nitrogens with zero attached hydrogens (tertiary/aromatic N) is 3. The summed E-state index contributed by atoms with van der Waals surface area (Å²) in [5.41, 5.74) is 2.30. The van der Waals surface area contributed by atoms with Gasteiger partial charge in [-0.25, -0.2) is 10.8 Å². The monoisotopic (exact) mass is 388 g/mol. The van der Waals surface area contributed by atoms with Crippen LogP contribution in [0.3, 0.4) is 0 Å². The third-order valence-corrected chi connectivity index (χ3v) is 5.18. The van der Waals surface area contributed by atoms with Crippen molar-refractivity contribution in [3.8, 4) is 0 Å². The van der Waals surface area contributed by atoms with Gasteiger partial charge in [0.25, 0.3) is 10.0 Å². The molecule has 0 aliphatic carbocycles. The lowest BCUT2D eigenvalue weighted by Crippen LogP contribution is -2.19. The molecular weight excluding hydrogens is 380 g/mol. The molecule has 0 atom stereocenters. The minimum atomic E-state index is -3.89. The zero-order valence-corrected chi connectivity index (χ0v) is 13.5. The van der Waals surface area contributed by atoms with Crippen molar-refractivity contribution in [1.82, 2.24) is 14.4 Å². The lowest BCUT2D eigenvalue weighted by molar-refractivity contribution is 0.597. The molecule has 4 N–H and O–H groups in total. The molecule has 0 fully saturated rings. The molecule has 0 saturated heterocycles. The van der Waals surface area contributed by atoms with Gasteiger partial charge in [0.2, 0.25) is 5.03 Å². The second-order valence-electron chi connectivity index (χ2n) is 3.93. The topological polar surface area (TPSA) is 114 Å². The number of sulfonamides is 1. The number of hydrogen-bond donors (Lipinski definition) is 3. The van der Waals surface area contributed by atoms with E-state index >= 15 is 0 Å². The Morgan fingerprint density at radius 1 is 1.38 bits per heavy atom. The van der Waals surface area contributed by atoms with Gasteiger partial charge in [-0.1, -0.05) is 0 Å². The molecule has 0 aliphatic heterocycles. The molecule has 110 valence electrons. The van der Waals surface area contributed by atoms with E-state index in [1.165, 1.54) is 21.9 Å². The summed E-state index contributed by atoms with van der Waals surface area (Å²) in [6.45, 7) is 0. The Morgan fingerprint density at radius 3 is 2.86 bits per heavy atom. The first-order chi connectivity index (χ1) is 10.0. The van der Waals surface area contributed by atoms with Gasteiger partial charge >= 0.3 is 0 Å². The Bertz CT molecular complexity index is 886. The zero-order valence-electron chi connectivity index (χ0n) is 10.3. The maximum Gasteiger partial charge on any atom is 0.282 e. The number of nitrogens with one attached hydrogen (secondary N) is 2. The highest BCUT2D eigenvalue weighted by molar-refractivity contribution is 9.10. The average molecular weight is 389 g/mol. The van der Waals surface area contributed by atoms with Gasteiger partial charge in [0, 0.05) is 22.2 Å². The van der Waals surface area contributed by atoms with Gasteiger partial charge in [-0.2, -0.15) is 13.4 Å². The number of nitrogen functional groups attached to an aromatic ring is 1. The minimum Gasteiger partial charge on any atom is -0.306 e. The lowest BCUT2D eigenvalue weighted by Gasteiger charge is -2.08. The first-order valence-corrected chi connectivity index (χ1v) is 8.73. The number of hydrazine groups is 1. The predicted molar refractivity (Wildman–Crippen MR) is 83.6 cm³/mol. The van der Waals surface area contributed by atoms with Crippen molar-refractivity contribution in [1.29, 1.82) is 0 Å². The molecular formula is C10H9BrN6O2S2. The number of imidazole rings is 1. The van der Waals surface area contributed by atoms with Crippen LogP contribution in [-0.4, -0.2) is 22.8 Å². The number of nitrogens with two attached hydrogens (primary N) is 1. The largest absolute Gasteiger partial charge is 0.306 e. The van der Waals surface area contributed by atoms with E-state index in [2.05, 4.69) is 36.0 Å². The molecule has 3 aromatic rings. The average Bonchev–Trinajstić information content (AvgIpc) is 3.00. The maximum absolute atomic E-state index is 12.5. The molecule has 0 spiro atoms. The van der Waals surface area contributed by atoms with E-state index in [0.29, 0.717) is 4.96 Å². The lowest BCUT2D eigenvalue weighted by atomic mass is 10.5. The van der Waals surface area contributed by atoms with Gasteiger partial charge in [-0.15, -0.1) is 11.3 Å². The molecule has 0 aromatic carbocycles. The van der Waals surface area contributed by atoms with Crippen LogP contribution in [0.15, 0.2) is 39.4 Å². The summed E-state index contributed by atoms with van der Waals surface area (Å²) in [7, 11) is -3.89. The Kier molecular flexibility index (Phi) is 3.57. The van der Waals surface area contributed by atoms with Crippen LogP contribution in [0.25, 0.3) is 4.96 Å². The van der Waals surface area contributed by atoms with Crippen molar-refractivity contribution < 1.29 is 8.42 Å². The van der Waals surface area contributed by atoms with Gasteiger partial charge in [-0.05, 0) is 28.1 Å². The summed E-state index contributed by atoms with van der Waals surface area (Å²) in [6.07, 6.45) is 3.11. The van der Waals surface area contributed by atoms with Crippen LogP contribution in [0.4, 0.5) is 11.6 Å². The molecule has 0 radical (unpaired) electrons. The van der Waals surface area contributed by atoms with Crippen LogP contribution in [0, 0.1) is 0 Å². The fourth-order valence-corrected chi connectivity index (χ4v) is 4.00. The number of thiazole rings is 1. The summed E-state index contributed by atoms with van der Waals surface area (Å²) in [6, 6.07) is 3.23. The van der Waals surface area contributed by atoms with Crippen molar-refractivity contribution in [2.75, 3.05) is 10.1 Å². The highest BCUT2D eigenvalue weighted by Gasteiger charge is 2.26. The summed E-state index contributed by atoms with van der Waals surface area (Å²) in [5, 5.41) is 1.67. The number of rotatable bonds is 4. The molecule has 0 aliphatic rings. The van der Waals surface area contributed by atoms with Crippen LogP contribution in [0.1, 0.15) is 0 Å². The Morgan fingerprint density at radius 2 is 2.19 bits per heavy atom. The molecule has 11 heteroatoms. The second kappa shape index (κ2) is 5.26. The number of pyridine rings is 1. The quantitative estimate of drug-likeness (QED) is 0.462. The summed E-state index contributed by atoms with van der Waals surface area (Å²) < 4.78 is 29.6. The highest BCUT2D eigenvalue weighted by atomic mass is 79.9. The van der Waals surface area contributed by atoms with Crippen molar-refractivity contribution in [3.05, 3.63) is 34.4 Å². The number of hydrogen-bond acceptors (Lipinski definition) is 7. The molecule has 0 unspecified atom stereocenters. The van der Waals surface area contributed by atoms with Crippen molar-refractivity contribution in [3.63, 3.8) is 0 Å². The normalized spacial score (nSPS) is 11.7. The summed E-state index contributed by atoms with van der Waals surface area (Å²) in [5.74, 6) is 5.62. The van der Waals surface area contributed by atoms with Gasteiger partial charge in [0.1, 0.15) is 5.82 Å². The molecule has 0 amide bonds. The van der Waals surface area contributed by atoms with Gasteiger partial charge in [-0.3, -0.25) is 9.12 Å². The molecule has 3 aromatic heterocycles. The van der Waals surface area contributed by atoms with Crippen molar-refractivity contribution in [2.45, 2.75) is 5.03 Å². The maximum atomic E-state index is 12.5. The van der Waals surface area contributed by atoms with E-state index in [9.17, 15) is 8.42 Å². The molecule has 8 nitrogen and oxygen atoms in total. The molecule has 0 bridgehead atoms. The van der Waals surface area contributed by atoms with Crippen LogP contribution < -0.4 is 16.0 Å². The fourth-order valence-electron chi connectivity index (χ4n) is 1.74. The minimum absolute atomic E-state index is 0.0639. The third-order valence-electron chi connectivity index (χ3n) is 2.58. The fraction of sp³-hybridized carbons (Fsp3) is 0.